The number of anilines is 1. The quantitative estimate of drug-likeness (QED) is 0.799. The van der Waals surface area contributed by atoms with Gasteiger partial charge < -0.3 is 9.80 Å². The Morgan fingerprint density at radius 1 is 1.19 bits per heavy atom. The van der Waals surface area contributed by atoms with E-state index in [-0.39, 0.29) is 16.7 Å². The molecule has 0 radical (unpaired) electrons. The number of thiophene rings is 1. The largest absolute Gasteiger partial charge is 0.353 e. The third kappa shape index (κ3) is 4.40. The van der Waals surface area contributed by atoms with Crippen LogP contribution in [0.3, 0.4) is 0 Å². The number of piperazine rings is 1. The maximum absolute atomic E-state index is 12.3. The lowest BCUT2D eigenvalue weighted by molar-refractivity contribution is -0.130. The van der Waals surface area contributed by atoms with E-state index >= 15 is 0 Å². The molecule has 1 aliphatic rings. The summed E-state index contributed by atoms with van der Waals surface area (Å²) in [5, 5.41) is 0. The molecule has 1 saturated heterocycles. The van der Waals surface area contributed by atoms with E-state index in [4.69, 9.17) is 0 Å². The fourth-order valence-electron chi connectivity index (χ4n) is 2.76. The van der Waals surface area contributed by atoms with Crippen LogP contribution in [-0.2, 0) is 21.2 Å². The van der Waals surface area contributed by atoms with E-state index in [1.54, 1.807) is 23.2 Å². The highest BCUT2D eigenvalue weighted by atomic mass is 32.2. The second-order valence-electron chi connectivity index (χ2n) is 5.95. The van der Waals surface area contributed by atoms with Gasteiger partial charge in [-0.15, -0.1) is 11.3 Å². The number of pyridine rings is 1. The molecule has 0 atom stereocenters. The van der Waals surface area contributed by atoms with Crippen LogP contribution in [0.1, 0.15) is 11.8 Å². The van der Waals surface area contributed by atoms with Crippen LogP contribution >= 0.6 is 11.3 Å². The number of amides is 1. The summed E-state index contributed by atoms with van der Waals surface area (Å²) in [7, 11) is -3.64. The van der Waals surface area contributed by atoms with Crippen molar-refractivity contribution in [3.63, 3.8) is 0 Å². The van der Waals surface area contributed by atoms with Crippen LogP contribution in [0.25, 0.3) is 0 Å². The first-order valence-corrected chi connectivity index (χ1v) is 10.8. The van der Waals surface area contributed by atoms with Gasteiger partial charge in [-0.3, -0.25) is 4.79 Å². The van der Waals surface area contributed by atoms with Crippen LogP contribution in [0.4, 0.5) is 5.82 Å². The first kappa shape index (κ1) is 18.8. The van der Waals surface area contributed by atoms with Crippen LogP contribution < -0.4 is 9.62 Å². The van der Waals surface area contributed by atoms with E-state index in [1.807, 2.05) is 25.1 Å². The van der Waals surface area contributed by atoms with E-state index < -0.39 is 10.0 Å². The van der Waals surface area contributed by atoms with Crippen molar-refractivity contribution in [2.45, 2.75) is 17.6 Å². The molecule has 2 aromatic rings. The van der Waals surface area contributed by atoms with Crippen molar-refractivity contribution in [2.24, 2.45) is 0 Å². The lowest BCUT2D eigenvalue weighted by atomic mass is 10.3. The second kappa shape index (κ2) is 8.15. The molecular formula is C17H22N4O3S2. The van der Waals surface area contributed by atoms with E-state index in [0.717, 1.165) is 17.1 Å². The molecule has 0 saturated carbocycles. The Kier molecular flexibility index (Phi) is 5.90. The molecule has 1 aliphatic heterocycles. The van der Waals surface area contributed by atoms with Gasteiger partial charge in [0, 0.05) is 37.3 Å². The standard InChI is InChI=1S/C17H22N4O3S2/c1-2-14-6-7-17(25-14)26(23,24)19-13-16(22)21-11-9-20(10-12-21)15-5-3-4-8-18-15/h3-8,19H,2,9-13H2,1H3. The van der Waals surface area contributed by atoms with Gasteiger partial charge in [-0.05, 0) is 30.7 Å². The molecule has 0 aliphatic carbocycles. The summed E-state index contributed by atoms with van der Waals surface area (Å²) in [6.07, 6.45) is 2.54. The minimum Gasteiger partial charge on any atom is -0.353 e. The van der Waals surface area contributed by atoms with E-state index in [9.17, 15) is 13.2 Å². The fourth-order valence-corrected chi connectivity index (χ4v) is 5.07. The zero-order valence-corrected chi connectivity index (χ0v) is 16.2. The van der Waals surface area contributed by atoms with Crippen molar-refractivity contribution >= 4 is 33.1 Å². The van der Waals surface area contributed by atoms with Gasteiger partial charge in [0.25, 0.3) is 10.0 Å². The Labute approximate surface area is 157 Å². The predicted molar refractivity (Wildman–Crippen MR) is 102 cm³/mol. The summed E-state index contributed by atoms with van der Waals surface area (Å²) in [4.78, 5) is 21.5. The zero-order valence-electron chi connectivity index (χ0n) is 14.6. The number of carbonyl (C=O) groups excluding carboxylic acids is 1. The highest BCUT2D eigenvalue weighted by Gasteiger charge is 2.24. The SMILES string of the molecule is CCc1ccc(S(=O)(=O)NCC(=O)N2CCN(c3ccccn3)CC2)s1. The fraction of sp³-hybridized carbons (Fsp3) is 0.412. The molecule has 7 nitrogen and oxygen atoms in total. The summed E-state index contributed by atoms with van der Waals surface area (Å²) in [6.45, 7) is 4.22. The lowest BCUT2D eigenvalue weighted by Crippen LogP contribution is -2.51. The number of sulfonamides is 1. The Morgan fingerprint density at radius 3 is 2.58 bits per heavy atom. The van der Waals surface area contributed by atoms with Gasteiger partial charge in [0.2, 0.25) is 5.91 Å². The number of aromatic nitrogens is 1. The van der Waals surface area contributed by atoms with Gasteiger partial charge in [0.1, 0.15) is 10.0 Å². The molecule has 140 valence electrons. The molecule has 1 N–H and O–H groups in total. The van der Waals surface area contributed by atoms with Crippen LogP contribution in [0.2, 0.25) is 0 Å². The summed E-state index contributed by atoms with van der Waals surface area (Å²) < 4.78 is 27.3. The summed E-state index contributed by atoms with van der Waals surface area (Å²) >= 11 is 1.24. The maximum atomic E-state index is 12.3. The molecule has 2 aromatic heterocycles. The van der Waals surface area contributed by atoms with Gasteiger partial charge in [-0.25, -0.2) is 18.1 Å². The van der Waals surface area contributed by atoms with Gasteiger partial charge in [0.05, 0.1) is 6.54 Å². The van der Waals surface area contributed by atoms with Gasteiger partial charge in [0.15, 0.2) is 0 Å². The van der Waals surface area contributed by atoms with Gasteiger partial charge >= 0.3 is 0 Å². The van der Waals surface area contributed by atoms with E-state index in [1.165, 1.54) is 11.3 Å². The number of hydrogen-bond donors (Lipinski definition) is 1. The molecule has 3 heterocycles. The lowest BCUT2D eigenvalue weighted by Gasteiger charge is -2.35. The van der Waals surface area contributed by atoms with E-state index in [2.05, 4.69) is 14.6 Å². The van der Waals surface area contributed by atoms with Crippen LogP contribution in [0, 0.1) is 0 Å². The van der Waals surface area contributed by atoms with Crippen molar-refractivity contribution in [1.82, 2.24) is 14.6 Å². The molecule has 0 spiro atoms. The Morgan fingerprint density at radius 2 is 1.96 bits per heavy atom. The molecule has 0 unspecified atom stereocenters. The molecule has 26 heavy (non-hydrogen) atoms. The Hall–Kier alpha value is -1.97. The van der Waals surface area contributed by atoms with Crippen molar-refractivity contribution in [2.75, 3.05) is 37.6 Å². The number of hydrogen-bond acceptors (Lipinski definition) is 6. The maximum Gasteiger partial charge on any atom is 0.250 e. The number of nitrogens with zero attached hydrogens (tertiary/aromatic N) is 3. The summed E-state index contributed by atoms with van der Waals surface area (Å²) in [5.74, 6) is 0.686. The second-order valence-corrected chi connectivity index (χ2v) is 9.12. The van der Waals surface area contributed by atoms with Crippen molar-refractivity contribution in [1.29, 1.82) is 0 Å². The normalized spacial score (nSPS) is 15.3. The van der Waals surface area contributed by atoms with Crippen LogP contribution in [0.15, 0.2) is 40.7 Å². The highest BCUT2D eigenvalue weighted by molar-refractivity contribution is 7.91. The van der Waals surface area contributed by atoms with Gasteiger partial charge in [-0.1, -0.05) is 13.0 Å². The zero-order chi connectivity index (χ0) is 18.6. The Bertz CT molecular complexity index is 844. The summed E-state index contributed by atoms with van der Waals surface area (Å²) in [6, 6.07) is 9.13. The van der Waals surface area contributed by atoms with Crippen molar-refractivity contribution < 1.29 is 13.2 Å². The van der Waals surface area contributed by atoms with Gasteiger partial charge in [-0.2, -0.15) is 0 Å². The minimum absolute atomic E-state index is 0.207. The van der Waals surface area contributed by atoms with E-state index in [0.29, 0.717) is 26.2 Å². The number of aryl methyl sites for hydroxylation is 1. The highest BCUT2D eigenvalue weighted by Crippen LogP contribution is 2.21. The van der Waals surface area contributed by atoms with Crippen LogP contribution in [0.5, 0.6) is 0 Å². The Balaban J connectivity index is 1.51. The smallest absolute Gasteiger partial charge is 0.250 e. The molecular weight excluding hydrogens is 372 g/mol. The van der Waals surface area contributed by atoms with Crippen molar-refractivity contribution in [3.8, 4) is 0 Å². The monoisotopic (exact) mass is 394 g/mol. The number of carbonyl (C=O) groups is 1. The van der Waals surface area contributed by atoms with Crippen molar-refractivity contribution in [3.05, 3.63) is 41.4 Å². The molecule has 0 bridgehead atoms. The number of nitrogens with one attached hydrogen (secondary N) is 1. The average molecular weight is 395 g/mol. The molecule has 0 aromatic carbocycles. The third-order valence-corrected chi connectivity index (χ3v) is 7.39. The number of rotatable bonds is 6. The molecule has 9 heteroatoms. The predicted octanol–water partition coefficient (Wildman–Crippen LogP) is 1.33. The summed E-state index contributed by atoms with van der Waals surface area (Å²) in [5.41, 5.74) is 0. The van der Waals surface area contributed by atoms with Crippen LogP contribution in [-0.4, -0.2) is 56.9 Å². The average Bonchev–Trinajstić information content (AvgIpc) is 3.17. The molecule has 1 amide bonds. The minimum atomic E-state index is -3.64. The molecule has 1 fully saturated rings. The topological polar surface area (TPSA) is 82.6 Å². The molecule has 3 rings (SSSR count). The first-order valence-electron chi connectivity index (χ1n) is 8.52. The third-order valence-electron chi connectivity index (χ3n) is 4.27. The first-order chi connectivity index (χ1) is 12.5.